The number of nitrogens with one attached hydrogen (secondary N) is 2. The number of carbonyl (C=O) groups is 1. The van der Waals surface area contributed by atoms with E-state index in [1.54, 1.807) is 12.3 Å². The molecule has 3 aromatic rings. The van der Waals surface area contributed by atoms with Gasteiger partial charge in [0.05, 0.1) is 12.9 Å². The molecule has 1 aliphatic rings. The number of allylic oxidation sites excluding steroid dienone is 1. The van der Waals surface area contributed by atoms with Crippen LogP contribution >= 0.6 is 0 Å². The number of H-pyrrole nitrogens is 1. The third-order valence-electron chi connectivity index (χ3n) is 4.35. The van der Waals surface area contributed by atoms with E-state index < -0.39 is 17.5 Å². The highest BCUT2D eigenvalue weighted by Crippen LogP contribution is 2.27. The van der Waals surface area contributed by atoms with E-state index in [1.807, 2.05) is 18.2 Å². The van der Waals surface area contributed by atoms with Gasteiger partial charge in [0.1, 0.15) is 5.69 Å². The Bertz CT molecular complexity index is 1020. The van der Waals surface area contributed by atoms with Gasteiger partial charge in [-0.2, -0.15) is 0 Å². The summed E-state index contributed by atoms with van der Waals surface area (Å²) in [6.45, 7) is 0.740. The molecule has 1 aliphatic heterocycles. The monoisotopic (exact) mass is 354 g/mol. The fraction of sp³-hybridized carbons (Fsp3) is 0.150. The van der Waals surface area contributed by atoms with Gasteiger partial charge >= 0.3 is 0 Å². The van der Waals surface area contributed by atoms with Gasteiger partial charge in [-0.05, 0) is 54.3 Å². The van der Waals surface area contributed by atoms with Gasteiger partial charge < -0.3 is 15.0 Å². The molecule has 0 saturated heterocycles. The highest BCUT2D eigenvalue weighted by molar-refractivity contribution is 6.06. The van der Waals surface area contributed by atoms with Crippen LogP contribution in [0.25, 0.3) is 16.5 Å². The summed E-state index contributed by atoms with van der Waals surface area (Å²) in [4.78, 5) is 15.4. The molecule has 0 fully saturated rings. The number of benzene rings is 2. The number of fused-ring (bicyclic) bond motifs is 1. The zero-order valence-electron chi connectivity index (χ0n) is 13.8. The Labute approximate surface area is 148 Å². The lowest BCUT2D eigenvalue weighted by Gasteiger charge is -2.13. The number of rotatable bonds is 3. The standard InChI is InChI=1S/C20H16F2N2O2/c21-16-5-4-15(10-17(16)22)23-20(25)19-9-14-8-12(3-6-18(14)24-19)13-2-1-7-26-11-13/h3-6,8-11,24H,1-2,7H2,(H,23,25). The fourth-order valence-corrected chi connectivity index (χ4v) is 3.00. The summed E-state index contributed by atoms with van der Waals surface area (Å²) in [7, 11) is 0. The summed E-state index contributed by atoms with van der Waals surface area (Å²) in [5, 5.41) is 3.45. The number of ether oxygens (including phenoxy) is 1. The number of aromatic amines is 1. The summed E-state index contributed by atoms with van der Waals surface area (Å²) in [5.74, 6) is -2.39. The van der Waals surface area contributed by atoms with Crippen molar-refractivity contribution in [1.82, 2.24) is 4.98 Å². The smallest absolute Gasteiger partial charge is 0.272 e. The number of anilines is 1. The lowest BCUT2D eigenvalue weighted by molar-refractivity contribution is 0.102. The molecule has 132 valence electrons. The molecule has 0 aliphatic carbocycles. The highest BCUT2D eigenvalue weighted by atomic mass is 19.2. The molecule has 0 bridgehead atoms. The van der Waals surface area contributed by atoms with Crippen molar-refractivity contribution in [2.24, 2.45) is 0 Å². The molecular formula is C20H16F2N2O2. The van der Waals surface area contributed by atoms with E-state index in [-0.39, 0.29) is 5.69 Å². The Morgan fingerprint density at radius 3 is 2.73 bits per heavy atom. The molecule has 2 heterocycles. The van der Waals surface area contributed by atoms with E-state index in [0.717, 1.165) is 53.6 Å². The van der Waals surface area contributed by atoms with Crippen molar-refractivity contribution < 1.29 is 18.3 Å². The molecule has 0 unspecified atom stereocenters. The predicted octanol–water partition coefficient (Wildman–Crippen LogP) is 4.85. The SMILES string of the molecule is O=C(Nc1ccc(F)c(F)c1)c1cc2cc(C3=COCCC3)ccc2[nH]1. The molecule has 1 aromatic heterocycles. The van der Waals surface area contributed by atoms with E-state index in [9.17, 15) is 13.6 Å². The van der Waals surface area contributed by atoms with Crippen molar-refractivity contribution in [1.29, 1.82) is 0 Å². The summed E-state index contributed by atoms with van der Waals surface area (Å²) in [6.07, 6.45) is 3.73. The first-order valence-corrected chi connectivity index (χ1v) is 8.30. The van der Waals surface area contributed by atoms with Crippen LogP contribution in [0.4, 0.5) is 14.5 Å². The molecule has 26 heavy (non-hydrogen) atoms. The van der Waals surface area contributed by atoms with Crippen LogP contribution in [0, 0.1) is 11.6 Å². The predicted molar refractivity (Wildman–Crippen MR) is 95.8 cm³/mol. The second-order valence-corrected chi connectivity index (χ2v) is 6.19. The van der Waals surface area contributed by atoms with E-state index in [0.29, 0.717) is 5.69 Å². The van der Waals surface area contributed by atoms with Crippen LogP contribution in [-0.2, 0) is 4.74 Å². The van der Waals surface area contributed by atoms with Gasteiger partial charge in [0.15, 0.2) is 11.6 Å². The average Bonchev–Trinajstić information content (AvgIpc) is 3.09. The minimum atomic E-state index is -1.01. The molecule has 0 saturated carbocycles. The van der Waals surface area contributed by atoms with E-state index in [1.165, 1.54) is 6.07 Å². The Morgan fingerprint density at radius 2 is 1.96 bits per heavy atom. The van der Waals surface area contributed by atoms with Crippen molar-refractivity contribution in [2.75, 3.05) is 11.9 Å². The Balaban J connectivity index is 1.59. The fourth-order valence-electron chi connectivity index (χ4n) is 3.00. The molecule has 0 atom stereocenters. The molecule has 2 N–H and O–H groups in total. The first kappa shape index (κ1) is 16.3. The Morgan fingerprint density at radius 1 is 1.08 bits per heavy atom. The van der Waals surface area contributed by atoms with Crippen molar-refractivity contribution in [3.63, 3.8) is 0 Å². The average molecular weight is 354 g/mol. The molecule has 0 spiro atoms. The quantitative estimate of drug-likeness (QED) is 0.706. The molecule has 6 heteroatoms. The maximum Gasteiger partial charge on any atom is 0.272 e. The van der Waals surface area contributed by atoms with Crippen LogP contribution in [-0.4, -0.2) is 17.5 Å². The summed E-state index contributed by atoms with van der Waals surface area (Å²) in [6, 6.07) is 10.9. The molecule has 2 aromatic carbocycles. The van der Waals surface area contributed by atoms with Crippen LogP contribution in [0.2, 0.25) is 0 Å². The summed E-state index contributed by atoms with van der Waals surface area (Å²) < 4.78 is 31.6. The topological polar surface area (TPSA) is 54.1 Å². The van der Waals surface area contributed by atoms with Crippen molar-refractivity contribution in [3.8, 4) is 0 Å². The Hall–Kier alpha value is -3.15. The van der Waals surface area contributed by atoms with Gasteiger partial charge in [-0.3, -0.25) is 4.79 Å². The van der Waals surface area contributed by atoms with Crippen molar-refractivity contribution in [3.05, 3.63) is 71.6 Å². The molecule has 0 radical (unpaired) electrons. The zero-order valence-corrected chi connectivity index (χ0v) is 13.8. The van der Waals surface area contributed by atoms with Gasteiger partial charge in [-0.25, -0.2) is 8.78 Å². The maximum absolute atomic E-state index is 13.3. The third kappa shape index (κ3) is 3.18. The molecule has 1 amide bonds. The largest absolute Gasteiger partial charge is 0.501 e. The van der Waals surface area contributed by atoms with Crippen LogP contribution in [0.15, 0.2) is 48.7 Å². The molecular weight excluding hydrogens is 338 g/mol. The van der Waals surface area contributed by atoms with Gasteiger partial charge in [0.25, 0.3) is 5.91 Å². The lowest BCUT2D eigenvalue weighted by Crippen LogP contribution is -2.12. The zero-order chi connectivity index (χ0) is 18.1. The normalized spacial score (nSPS) is 14.0. The van der Waals surface area contributed by atoms with Gasteiger partial charge in [0.2, 0.25) is 0 Å². The van der Waals surface area contributed by atoms with E-state index in [4.69, 9.17) is 4.74 Å². The van der Waals surface area contributed by atoms with Gasteiger partial charge in [-0.1, -0.05) is 6.07 Å². The molecule has 4 rings (SSSR count). The number of hydrogen-bond donors (Lipinski definition) is 2. The minimum absolute atomic E-state index is 0.192. The van der Waals surface area contributed by atoms with Crippen LogP contribution in [0.3, 0.4) is 0 Å². The van der Waals surface area contributed by atoms with Crippen LogP contribution in [0.5, 0.6) is 0 Å². The maximum atomic E-state index is 13.3. The van der Waals surface area contributed by atoms with Gasteiger partial charge in [-0.15, -0.1) is 0 Å². The second-order valence-electron chi connectivity index (χ2n) is 6.19. The minimum Gasteiger partial charge on any atom is -0.501 e. The second kappa shape index (κ2) is 6.63. The number of carbonyl (C=O) groups excluding carboxylic acids is 1. The van der Waals surface area contributed by atoms with Gasteiger partial charge in [0, 0.05) is 22.7 Å². The first-order chi connectivity index (χ1) is 12.6. The van der Waals surface area contributed by atoms with Crippen molar-refractivity contribution in [2.45, 2.75) is 12.8 Å². The van der Waals surface area contributed by atoms with Crippen LogP contribution < -0.4 is 5.32 Å². The number of hydrogen-bond acceptors (Lipinski definition) is 2. The lowest BCUT2D eigenvalue weighted by atomic mass is 10.0. The number of aromatic nitrogens is 1. The highest BCUT2D eigenvalue weighted by Gasteiger charge is 2.13. The summed E-state index contributed by atoms with van der Waals surface area (Å²) in [5.41, 5.74) is 3.55. The molecule has 4 nitrogen and oxygen atoms in total. The first-order valence-electron chi connectivity index (χ1n) is 8.30. The Kier molecular flexibility index (Phi) is 4.16. The third-order valence-corrected chi connectivity index (χ3v) is 4.35. The number of halogens is 2. The summed E-state index contributed by atoms with van der Waals surface area (Å²) >= 11 is 0. The van der Waals surface area contributed by atoms with E-state index in [2.05, 4.69) is 10.3 Å². The van der Waals surface area contributed by atoms with E-state index >= 15 is 0 Å². The van der Waals surface area contributed by atoms with Crippen LogP contribution in [0.1, 0.15) is 28.9 Å². The number of amides is 1. The van der Waals surface area contributed by atoms with Crippen molar-refractivity contribution >= 4 is 28.1 Å².